The Hall–Kier alpha value is -2.27. The van der Waals surface area contributed by atoms with Gasteiger partial charge in [-0.2, -0.15) is 5.10 Å². The highest BCUT2D eigenvalue weighted by Crippen LogP contribution is 2.33. The largest absolute Gasteiger partial charge is 0.372 e. The molecule has 2 aromatic rings. The molecule has 1 aliphatic carbocycles. The van der Waals surface area contributed by atoms with Crippen molar-refractivity contribution in [3.63, 3.8) is 0 Å². The van der Waals surface area contributed by atoms with Crippen LogP contribution in [-0.4, -0.2) is 27.7 Å². The summed E-state index contributed by atoms with van der Waals surface area (Å²) in [4.78, 5) is 15.5. The van der Waals surface area contributed by atoms with Crippen LogP contribution in [-0.2, 0) is 11.3 Å². The maximum absolute atomic E-state index is 11.3. The van der Waals surface area contributed by atoms with E-state index >= 15 is 0 Å². The zero-order valence-corrected chi connectivity index (χ0v) is 15.9. The summed E-state index contributed by atoms with van der Waals surface area (Å²) in [6.07, 6.45) is 10.7. The molecule has 0 aliphatic heterocycles. The molecule has 2 heterocycles. The van der Waals surface area contributed by atoms with Crippen molar-refractivity contribution in [3.8, 4) is 0 Å². The highest BCUT2D eigenvalue weighted by Gasteiger charge is 2.19. The molecule has 3 rings (SSSR count). The number of allylic oxidation sites excluding steroid dienone is 1. The molecule has 0 amide bonds. The lowest BCUT2D eigenvalue weighted by Gasteiger charge is -2.22. The summed E-state index contributed by atoms with van der Waals surface area (Å²) in [6, 6.07) is 2.44. The number of aryl methyl sites for hydroxylation is 1. The van der Waals surface area contributed by atoms with Crippen LogP contribution in [0.2, 0.25) is 0 Å². The molecule has 0 fully saturated rings. The summed E-state index contributed by atoms with van der Waals surface area (Å²) in [6.45, 7) is 7.20. The van der Waals surface area contributed by atoms with E-state index in [4.69, 9.17) is 4.74 Å². The molecule has 0 saturated carbocycles. The molecule has 0 aromatic carbocycles. The molecule has 2 aromatic heterocycles. The molecule has 5 heteroatoms. The van der Waals surface area contributed by atoms with Gasteiger partial charge in [0.1, 0.15) is 0 Å². The van der Waals surface area contributed by atoms with E-state index < -0.39 is 0 Å². The highest BCUT2D eigenvalue weighted by molar-refractivity contribution is 5.79. The minimum atomic E-state index is 0.338. The summed E-state index contributed by atoms with van der Waals surface area (Å²) in [5.74, 6) is 0. The molecule has 0 N–H and O–H groups in total. The van der Waals surface area contributed by atoms with Crippen LogP contribution in [0.15, 0.2) is 30.2 Å². The molecule has 26 heavy (non-hydrogen) atoms. The van der Waals surface area contributed by atoms with Crippen LogP contribution in [0.1, 0.15) is 72.8 Å². The smallest absolute Gasteiger partial charge is 0.150 e. The first-order valence-corrected chi connectivity index (χ1v) is 9.33. The predicted molar refractivity (Wildman–Crippen MR) is 102 cm³/mol. The number of pyridine rings is 1. The standard InChI is InChI=1S/C21H27N3O2/c1-15(2)24-21(8-9-23-24)19-7-5-4-6-17(19)13-26-14-18-11-22-10-16(3)20(18)12-25/h8-12,15H,4-7,13-14H2,1-3H3. The number of carbonyl (C=O) groups excluding carboxylic acids is 1. The van der Waals surface area contributed by atoms with Gasteiger partial charge in [-0.3, -0.25) is 14.5 Å². The number of carbonyl (C=O) groups is 1. The summed E-state index contributed by atoms with van der Waals surface area (Å²) in [7, 11) is 0. The quantitative estimate of drug-likeness (QED) is 0.687. The molecule has 0 atom stereocenters. The summed E-state index contributed by atoms with van der Waals surface area (Å²) >= 11 is 0. The Morgan fingerprint density at radius 3 is 2.81 bits per heavy atom. The van der Waals surface area contributed by atoms with Gasteiger partial charge in [-0.1, -0.05) is 0 Å². The van der Waals surface area contributed by atoms with Gasteiger partial charge in [0.05, 0.1) is 18.9 Å². The van der Waals surface area contributed by atoms with Crippen molar-refractivity contribution in [2.45, 2.75) is 59.1 Å². The normalized spacial score (nSPS) is 14.9. The van der Waals surface area contributed by atoms with Crippen LogP contribution in [0.4, 0.5) is 0 Å². The lowest BCUT2D eigenvalue weighted by atomic mass is 9.90. The number of aromatic nitrogens is 3. The number of aldehydes is 1. The Morgan fingerprint density at radius 1 is 1.23 bits per heavy atom. The first kappa shape index (κ1) is 18.5. The Morgan fingerprint density at radius 2 is 2.04 bits per heavy atom. The van der Waals surface area contributed by atoms with Crippen molar-refractivity contribution < 1.29 is 9.53 Å². The van der Waals surface area contributed by atoms with E-state index in [2.05, 4.69) is 34.7 Å². The maximum atomic E-state index is 11.3. The fourth-order valence-electron chi connectivity index (χ4n) is 3.60. The van der Waals surface area contributed by atoms with E-state index in [9.17, 15) is 4.79 Å². The van der Waals surface area contributed by atoms with Crippen LogP contribution < -0.4 is 0 Å². The second-order valence-electron chi connectivity index (χ2n) is 7.18. The number of rotatable bonds is 7. The van der Waals surface area contributed by atoms with Crippen molar-refractivity contribution >= 4 is 11.9 Å². The molecule has 0 bridgehead atoms. The van der Waals surface area contributed by atoms with Crippen molar-refractivity contribution in [2.75, 3.05) is 6.61 Å². The van der Waals surface area contributed by atoms with Gasteiger partial charge < -0.3 is 4.74 Å². The Kier molecular flexibility index (Phi) is 5.99. The van der Waals surface area contributed by atoms with Crippen molar-refractivity contribution in [2.24, 2.45) is 0 Å². The zero-order chi connectivity index (χ0) is 18.5. The van der Waals surface area contributed by atoms with Crippen LogP contribution in [0.5, 0.6) is 0 Å². The van der Waals surface area contributed by atoms with Gasteiger partial charge in [-0.25, -0.2) is 0 Å². The summed E-state index contributed by atoms with van der Waals surface area (Å²) in [5.41, 5.74) is 6.37. The average Bonchev–Trinajstić information content (AvgIpc) is 3.12. The van der Waals surface area contributed by atoms with Gasteiger partial charge in [-0.15, -0.1) is 0 Å². The third-order valence-electron chi connectivity index (χ3n) is 4.97. The minimum Gasteiger partial charge on any atom is -0.372 e. The van der Waals surface area contributed by atoms with Gasteiger partial charge in [0.25, 0.3) is 0 Å². The van der Waals surface area contributed by atoms with Crippen molar-refractivity contribution in [3.05, 3.63) is 52.6 Å². The van der Waals surface area contributed by atoms with Gasteiger partial charge >= 0.3 is 0 Å². The van der Waals surface area contributed by atoms with Gasteiger partial charge in [0, 0.05) is 35.8 Å². The molecule has 138 valence electrons. The Balaban J connectivity index is 1.77. The van der Waals surface area contributed by atoms with E-state index in [0.717, 1.165) is 30.3 Å². The second-order valence-corrected chi connectivity index (χ2v) is 7.18. The van der Waals surface area contributed by atoms with Gasteiger partial charge in [0.15, 0.2) is 6.29 Å². The molecule has 1 aliphatic rings. The summed E-state index contributed by atoms with van der Waals surface area (Å²) < 4.78 is 8.09. The molecule has 0 unspecified atom stereocenters. The van der Waals surface area contributed by atoms with Crippen LogP contribution >= 0.6 is 0 Å². The number of ether oxygens (including phenoxy) is 1. The van der Waals surface area contributed by atoms with Gasteiger partial charge in [-0.05, 0) is 69.2 Å². The second kappa shape index (κ2) is 8.41. The number of nitrogens with zero attached hydrogens (tertiary/aromatic N) is 3. The van der Waals surface area contributed by atoms with E-state index in [0.29, 0.717) is 24.8 Å². The molecule has 0 saturated heterocycles. The molecular formula is C21H27N3O2. The fraction of sp³-hybridized carbons (Fsp3) is 0.476. The fourth-order valence-corrected chi connectivity index (χ4v) is 3.60. The predicted octanol–water partition coefficient (Wildman–Crippen LogP) is 4.52. The first-order valence-electron chi connectivity index (χ1n) is 9.33. The topological polar surface area (TPSA) is 57.0 Å². The Bertz CT molecular complexity index is 805. The van der Waals surface area contributed by atoms with Crippen molar-refractivity contribution in [1.82, 2.24) is 14.8 Å². The maximum Gasteiger partial charge on any atom is 0.150 e. The van der Waals surface area contributed by atoms with Crippen molar-refractivity contribution in [1.29, 1.82) is 0 Å². The third-order valence-corrected chi connectivity index (χ3v) is 4.97. The van der Waals surface area contributed by atoms with E-state index in [-0.39, 0.29) is 0 Å². The van der Waals surface area contributed by atoms with Gasteiger partial charge in [0.2, 0.25) is 0 Å². The molecular weight excluding hydrogens is 326 g/mol. The molecule has 0 radical (unpaired) electrons. The number of hydrogen-bond acceptors (Lipinski definition) is 4. The van der Waals surface area contributed by atoms with E-state index in [1.165, 1.54) is 29.7 Å². The highest BCUT2D eigenvalue weighted by atomic mass is 16.5. The monoisotopic (exact) mass is 353 g/mol. The first-order chi connectivity index (χ1) is 12.6. The molecule has 0 spiro atoms. The van der Waals surface area contributed by atoms with E-state index in [1.54, 1.807) is 12.4 Å². The zero-order valence-electron chi connectivity index (χ0n) is 15.9. The summed E-state index contributed by atoms with van der Waals surface area (Å²) in [5, 5.41) is 4.48. The lowest BCUT2D eigenvalue weighted by Crippen LogP contribution is -2.12. The van der Waals surface area contributed by atoms with Crippen LogP contribution in [0.25, 0.3) is 5.57 Å². The SMILES string of the molecule is Cc1cncc(COCC2=C(c3ccnn3C(C)C)CCCC2)c1C=O. The average molecular weight is 353 g/mol. The Labute approximate surface area is 155 Å². The third kappa shape index (κ3) is 3.93. The van der Waals surface area contributed by atoms with Crippen LogP contribution in [0, 0.1) is 6.92 Å². The number of hydrogen-bond donors (Lipinski definition) is 0. The van der Waals surface area contributed by atoms with E-state index in [1.807, 2.05) is 13.1 Å². The van der Waals surface area contributed by atoms with Crippen LogP contribution in [0.3, 0.4) is 0 Å². The minimum absolute atomic E-state index is 0.338. The lowest BCUT2D eigenvalue weighted by molar-refractivity contribution is 0.111. The molecule has 5 nitrogen and oxygen atoms in total.